The molecule has 1 aromatic carbocycles. The minimum Gasteiger partial charge on any atom is -0.478 e. The summed E-state index contributed by atoms with van der Waals surface area (Å²) in [6.07, 6.45) is 0.634. The first-order valence-electron chi connectivity index (χ1n) is 4.58. The van der Waals surface area contributed by atoms with Crippen molar-refractivity contribution in [2.45, 2.75) is 6.42 Å². The Morgan fingerprint density at radius 2 is 2.20 bits per heavy atom. The largest absolute Gasteiger partial charge is 0.478 e. The smallest absolute Gasteiger partial charge is 0.335 e. The topological polar surface area (TPSA) is 78.4 Å². The third-order valence-corrected chi connectivity index (χ3v) is 2.28. The number of fused-ring (bicyclic) bond motifs is 1. The van der Waals surface area contributed by atoms with Crippen LogP contribution in [0.4, 0.5) is 10.5 Å². The molecule has 0 fully saturated rings. The number of carbonyl (C=O) groups excluding carboxylic acids is 1. The van der Waals surface area contributed by atoms with Crippen LogP contribution in [-0.4, -0.2) is 23.7 Å². The minimum absolute atomic E-state index is 0.241. The van der Waals surface area contributed by atoms with Crippen LogP contribution in [0.1, 0.15) is 15.9 Å². The molecule has 1 aliphatic heterocycles. The maximum atomic E-state index is 11.1. The number of carbonyl (C=O) groups is 2. The number of aromatic carboxylic acids is 1. The molecule has 1 aromatic rings. The van der Waals surface area contributed by atoms with Gasteiger partial charge in [0.05, 0.1) is 5.56 Å². The van der Waals surface area contributed by atoms with Crippen molar-refractivity contribution in [2.75, 3.05) is 11.9 Å². The molecule has 0 spiro atoms. The highest BCUT2D eigenvalue weighted by Crippen LogP contribution is 2.19. The molecule has 15 heavy (non-hydrogen) atoms. The summed E-state index contributed by atoms with van der Waals surface area (Å²) in [4.78, 5) is 21.9. The Morgan fingerprint density at radius 1 is 1.40 bits per heavy atom. The predicted octanol–water partition coefficient (Wildman–Crippen LogP) is 1.06. The van der Waals surface area contributed by atoms with Crippen molar-refractivity contribution in [1.82, 2.24) is 5.32 Å². The first-order chi connectivity index (χ1) is 7.16. The first kappa shape index (κ1) is 9.51. The van der Waals surface area contributed by atoms with E-state index >= 15 is 0 Å². The lowest BCUT2D eigenvalue weighted by atomic mass is 10.1. The highest BCUT2D eigenvalue weighted by atomic mass is 16.4. The van der Waals surface area contributed by atoms with Gasteiger partial charge in [0.2, 0.25) is 0 Å². The summed E-state index contributed by atoms with van der Waals surface area (Å²) in [6, 6.07) is 4.43. The van der Waals surface area contributed by atoms with Crippen LogP contribution < -0.4 is 10.6 Å². The van der Waals surface area contributed by atoms with Crippen molar-refractivity contribution in [3.63, 3.8) is 0 Å². The fourth-order valence-electron chi connectivity index (χ4n) is 1.53. The molecule has 78 valence electrons. The van der Waals surface area contributed by atoms with E-state index in [1.54, 1.807) is 12.1 Å². The van der Waals surface area contributed by atoms with E-state index in [4.69, 9.17) is 5.11 Å². The van der Waals surface area contributed by atoms with Crippen molar-refractivity contribution in [2.24, 2.45) is 0 Å². The van der Waals surface area contributed by atoms with Gasteiger partial charge in [-0.25, -0.2) is 9.59 Å². The second-order valence-electron chi connectivity index (χ2n) is 3.31. The Morgan fingerprint density at radius 3 is 2.93 bits per heavy atom. The van der Waals surface area contributed by atoms with Gasteiger partial charge in [-0.2, -0.15) is 0 Å². The molecule has 0 radical (unpaired) electrons. The number of amides is 2. The van der Waals surface area contributed by atoms with Gasteiger partial charge in [-0.05, 0) is 30.2 Å². The van der Waals surface area contributed by atoms with E-state index in [2.05, 4.69) is 10.6 Å². The van der Waals surface area contributed by atoms with E-state index in [0.717, 1.165) is 5.56 Å². The van der Waals surface area contributed by atoms with Crippen LogP contribution >= 0.6 is 0 Å². The number of urea groups is 1. The van der Waals surface area contributed by atoms with Crippen LogP contribution in [0.15, 0.2) is 18.2 Å². The standard InChI is InChI=1S/C10H10N2O3/c13-9(14)7-1-2-8-6(5-7)3-4-11-10(15)12-8/h1-2,5H,3-4H2,(H,13,14)(H2,11,12,15). The molecular weight excluding hydrogens is 196 g/mol. The third kappa shape index (κ3) is 1.90. The lowest BCUT2D eigenvalue weighted by molar-refractivity contribution is 0.0697. The third-order valence-electron chi connectivity index (χ3n) is 2.28. The second kappa shape index (κ2) is 3.61. The Kier molecular flexibility index (Phi) is 2.29. The average Bonchev–Trinajstić information content (AvgIpc) is 2.37. The summed E-state index contributed by atoms with van der Waals surface area (Å²) in [7, 11) is 0. The second-order valence-corrected chi connectivity index (χ2v) is 3.31. The molecule has 3 N–H and O–H groups in total. The number of hydrogen-bond donors (Lipinski definition) is 3. The maximum Gasteiger partial charge on any atom is 0.335 e. The molecule has 0 aromatic heterocycles. The van der Waals surface area contributed by atoms with Crippen molar-refractivity contribution in [3.05, 3.63) is 29.3 Å². The highest BCUT2D eigenvalue weighted by molar-refractivity contribution is 5.93. The molecule has 0 saturated carbocycles. The van der Waals surface area contributed by atoms with Crippen molar-refractivity contribution < 1.29 is 14.7 Å². The average molecular weight is 206 g/mol. The number of nitrogens with one attached hydrogen (secondary N) is 2. The molecule has 1 aliphatic rings. The molecule has 1 heterocycles. The summed E-state index contributed by atoms with van der Waals surface area (Å²) in [5.41, 5.74) is 1.76. The zero-order valence-corrected chi connectivity index (χ0v) is 7.91. The van der Waals surface area contributed by atoms with Gasteiger partial charge in [-0.1, -0.05) is 0 Å². The Labute approximate surface area is 86.1 Å². The monoisotopic (exact) mass is 206 g/mol. The van der Waals surface area contributed by atoms with E-state index in [0.29, 0.717) is 18.7 Å². The molecule has 0 bridgehead atoms. The zero-order chi connectivity index (χ0) is 10.8. The lowest BCUT2D eigenvalue weighted by Gasteiger charge is -2.06. The number of anilines is 1. The number of carboxylic acid groups (broad SMARTS) is 1. The Balaban J connectivity index is 2.40. The van der Waals surface area contributed by atoms with E-state index in [1.807, 2.05) is 0 Å². The van der Waals surface area contributed by atoms with E-state index in [1.165, 1.54) is 6.07 Å². The van der Waals surface area contributed by atoms with Crippen molar-refractivity contribution in [3.8, 4) is 0 Å². The van der Waals surface area contributed by atoms with E-state index in [9.17, 15) is 9.59 Å². The van der Waals surface area contributed by atoms with Gasteiger partial charge in [0.25, 0.3) is 0 Å². The molecule has 0 atom stereocenters. The molecular formula is C10H10N2O3. The van der Waals surface area contributed by atoms with Crippen LogP contribution in [0.2, 0.25) is 0 Å². The maximum absolute atomic E-state index is 11.1. The van der Waals surface area contributed by atoms with Gasteiger partial charge < -0.3 is 15.7 Å². The van der Waals surface area contributed by atoms with Gasteiger partial charge in [0.15, 0.2) is 0 Å². The first-order valence-corrected chi connectivity index (χ1v) is 4.58. The van der Waals surface area contributed by atoms with Gasteiger partial charge >= 0.3 is 12.0 Å². The molecule has 0 unspecified atom stereocenters. The Bertz CT molecular complexity index is 429. The van der Waals surface area contributed by atoms with E-state index in [-0.39, 0.29) is 11.6 Å². The van der Waals surface area contributed by atoms with E-state index < -0.39 is 5.97 Å². The van der Waals surface area contributed by atoms with Crippen LogP contribution in [0.5, 0.6) is 0 Å². The van der Waals surface area contributed by atoms with Crippen LogP contribution in [0, 0.1) is 0 Å². The fraction of sp³-hybridized carbons (Fsp3) is 0.200. The molecule has 2 rings (SSSR count). The number of carboxylic acids is 1. The number of rotatable bonds is 1. The van der Waals surface area contributed by atoms with Crippen molar-refractivity contribution in [1.29, 1.82) is 0 Å². The molecule has 5 nitrogen and oxygen atoms in total. The van der Waals surface area contributed by atoms with Gasteiger partial charge in [0.1, 0.15) is 0 Å². The lowest BCUT2D eigenvalue weighted by Crippen LogP contribution is -2.27. The summed E-state index contributed by atoms with van der Waals surface area (Å²) in [5.74, 6) is -0.957. The summed E-state index contributed by atoms with van der Waals surface area (Å²) in [5, 5.41) is 14.1. The minimum atomic E-state index is -0.957. The SMILES string of the molecule is O=C1NCCc2cc(C(=O)O)ccc2N1. The van der Waals surface area contributed by atoms with Crippen LogP contribution in [0.25, 0.3) is 0 Å². The summed E-state index contributed by atoms with van der Waals surface area (Å²) in [6.45, 7) is 0.516. The zero-order valence-electron chi connectivity index (χ0n) is 7.91. The summed E-state index contributed by atoms with van der Waals surface area (Å²) < 4.78 is 0. The number of hydrogen-bond acceptors (Lipinski definition) is 2. The number of benzene rings is 1. The molecule has 2 amide bonds. The van der Waals surface area contributed by atoms with Gasteiger partial charge in [0, 0.05) is 12.2 Å². The van der Waals surface area contributed by atoms with Crippen LogP contribution in [-0.2, 0) is 6.42 Å². The quantitative estimate of drug-likeness (QED) is 0.642. The normalized spacial score (nSPS) is 14.5. The van der Waals surface area contributed by atoms with Crippen LogP contribution in [0.3, 0.4) is 0 Å². The molecule has 0 saturated heterocycles. The van der Waals surface area contributed by atoms with Gasteiger partial charge in [-0.15, -0.1) is 0 Å². The Hall–Kier alpha value is -2.04. The predicted molar refractivity (Wildman–Crippen MR) is 54.1 cm³/mol. The fourth-order valence-corrected chi connectivity index (χ4v) is 1.53. The van der Waals surface area contributed by atoms with Crippen molar-refractivity contribution >= 4 is 17.7 Å². The molecule has 0 aliphatic carbocycles. The summed E-state index contributed by atoms with van der Waals surface area (Å²) >= 11 is 0. The van der Waals surface area contributed by atoms with Gasteiger partial charge in [-0.3, -0.25) is 0 Å². The highest BCUT2D eigenvalue weighted by Gasteiger charge is 2.13. The molecule has 5 heteroatoms.